The van der Waals surface area contributed by atoms with E-state index in [0.29, 0.717) is 30.2 Å². The smallest absolute Gasteiger partial charge is 0.309 e. The summed E-state index contributed by atoms with van der Waals surface area (Å²) in [6.45, 7) is 4.34. The van der Waals surface area contributed by atoms with Gasteiger partial charge in [0.25, 0.3) is 0 Å². The van der Waals surface area contributed by atoms with Gasteiger partial charge in [0.15, 0.2) is 6.61 Å². The molecule has 0 aliphatic rings. The van der Waals surface area contributed by atoms with E-state index in [1.54, 1.807) is 30.3 Å². The van der Waals surface area contributed by atoms with Gasteiger partial charge in [-0.2, -0.15) is 0 Å². The first-order chi connectivity index (χ1) is 14.0. The fourth-order valence-electron chi connectivity index (χ4n) is 2.36. The molecule has 0 radical (unpaired) electrons. The Bertz CT molecular complexity index is 815. The third-order valence-electron chi connectivity index (χ3n) is 3.76. The van der Waals surface area contributed by atoms with Crippen molar-refractivity contribution in [1.82, 2.24) is 5.32 Å². The zero-order valence-electron chi connectivity index (χ0n) is 16.6. The molecule has 0 fully saturated rings. The van der Waals surface area contributed by atoms with Crippen molar-refractivity contribution in [3.05, 3.63) is 46.2 Å². The molecular weight excluding hydrogens is 394 g/mol. The highest BCUT2D eigenvalue weighted by molar-refractivity contribution is 7.14. The van der Waals surface area contributed by atoms with Crippen molar-refractivity contribution in [3.63, 3.8) is 0 Å². The number of carbonyl (C=O) groups is 3. The summed E-state index contributed by atoms with van der Waals surface area (Å²) in [4.78, 5) is 36.3. The largest absolute Gasteiger partial charge is 0.494 e. The van der Waals surface area contributed by atoms with E-state index in [4.69, 9.17) is 14.2 Å². The number of ketones is 1. The molecule has 0 spiro atoms. The summed E-state index contributed by atoms with van der Waals surface area (Å²) >= 11 is 1.34. The van der Waals surface area contributed by atoms with Gasteiger partial charge in [-0.05, 0) is 49.7 Å². The van der Waals surface area contributed by atoms with Crippen molar-refractivity contribution < 1.29 is 28.6 Å². The van der Waals surface area contributed by atoms with Gasteiger partial charge in [-0.1, -0.05) is 0 Å². The molecule has 1 aromatic carbocycles. The summed E-state index contributed by atoms with van der Waals surface area (Å²) in [5.74, 6) is 0.553. The fourth-order valence-corrected chi connectivity index (χ4v) is 3.30. The lowest BCUT2D eigenvalue weighted by atomic mass is 10.3. The van der Waals surface area contributed by atoms with Crippen LogP contribution in [0.5, 0.6) is 11.5 Å². The molecule has 0 unspecified atom stereocenters. The zero-order valence-corrected chi connectivity index (χ0v) is 17.4. The molecule has 1 N–H and O–H groups in total. The highest BCUT2D eigenvalue weighted by Crippen LogP contribution is 2.18. The standard InChI is InChI=1S/C21H25NO6S/c1-3-26-16-4-6-17(7-5-16)27-13-11-21(25)28-14-19(24)20-9-8-18(29-20)10-12-22-15(2)23/h4-9H,3,10-14H2,1-2H3,(H,22,23). The van der Waals surface area contributed by atoms with Gasteiger partial charge in [0.2, 0.25) is 11.7 Å². The van der Waals surface area contributed by atoms with Gasteiger partial charge in [0.05, 0.1) is 24.5 Å². The average molecular weight is 419 g/mol. The first kappa shape index (κ1) is 22.4. The van der Waals surface area contributed by atoms with Crippen molar-refractivity contribution >= 4 is 29.0 Å². The molecule has 8 heteroatoms. The minimum absolute atomic E-state index is 0.0485. The number of amides is 1. The molecule has 156 valence electrons. The summed E-state index contributed by atoms with van der Waals surface area (Å²) in [6.07, 6.45) is 0.701. The molecule has 1 heterocycles. The van der Waals surface area contributed by atoms with E-state index in [0.717, 1.165) is 10.6 Å². The topological polar surface area (TPSA) is 90.9 Å². The van der Waals surface area contributed by atoms with Gasteiger partial charge in [-0.25, -0.2) is 0 Å². The first-order valence-electron chi connectivity index (χ1n) is 9.35. The maximum Gasteiger partial charge on any atom is 0.309 e. The highest BCUT2D eigenvalue weighted by Gasteiger charge is 2.13. The summed E-state index contributed by atoms with van der Waals surface area (Å²) in [7, 11) is 0. The first-order valence-corrected chi connectivity index (χ1v) is 10.2. The Hall–Kier alpha value is -2.87. The van der Waals surface area contributed by atoms with Crippen LogP contribution < -0.4 is 14.8 Å². The number of Topliss-reactive ketones (excluding diaryl/α,β-unsaturated/α-hetero) is 1. The van der Waals surface area contributed by atoms with Gasteiger partial charge in [0, 0.05) is 18.3 Å². The van der Waals surface area contributed by atoms with Crippen LogP contribution in [0.3, 0.4) is 0 Å². The molecule has 1 amide bonds. The minimum atomic E-state index is -0.494. The molecule has 0 atom stereocenters. The molecule has 0 aliphatic carbocycles. The Morgan fingerprint density at radius 2 is 1.69 bits per heavy atom. The fraction of sp³-hybridized carbons (Fsp3) is 0.381. The SMILES string of the molecule is CCOc1ccc(OCCC(=O)OCC(=O)c2ccc(CCNC(C)=O)s2)cc1. The van der Waals surface area contributed by atoms with Gasteiger partial charge < -0.3 is 19.5 Å². The van der Waals surface area contributed by atoms with Gasteiger partial charge >= 0.3 is 5.97 Å². The molecule has 0 bridgehead atoms. The predicted molar refractivity (Wildman–Crippen MR) is 110 cm³/mol. The van der Waals surface area contributed by atoms with Crippen LogP contribution in [0.15, 0.2) is 36.4 Å². The van der Waals surface area contributed by atoms with Crippen LogP contribution in [-0.2, 0) is 20.7 Å². The van der Waals surface area contributed by atoms with Crippen molar-refractivity contribution in [3.8, 4) is 11.5 Å². The van der Waals surface area contributed by atoms with E-state index in [9.17, 15) is 14.4 Å². The van der Waals surface area contributed by atoms with Gasteiger partial charge in [-0.15, -0.1) is 11.3 Å². The van der Waals surface area contributed by atoms with E-state index < -0.39 is 5.97 Å². The Balaban J connectivity index is 1.66. The minimum Gasteiger partial charge on any atom is -0.494 e. The summed E-state index contributed by atoms with van der Waals surface area (Å²) in [5, 5.41) is 2.71. The number of ether oxygens (including phenoxy) is 3. The Kier molecular flexibility index (Phi) is 9.17. The van der Waals surface area contributed by atoms with Crippen LogP contribution in [0.25, 0.3) is 0 Å². The van der Waals surface area contributed by atoms with Crippen LogP contribution in [-0.4, -0.2) is 44.0 Å². The third kappa shape index (κ3) is 8.35. The molecule has 2 aromatic rings. The van der Waals surface area contributed by atoms with Crippen molar-refractivity contribution in [2.45, 2.75) is 26.7 Å². The van der Waals surface area contributed by atoms with Crippen molar-refractivity contribution in [2.24, 2.45) is 0 Å². The van der Waals surface area contributed by atoms with Crippen molar-refractivity contribution in [1.29, 1.82) is 0 Å². The van der Waals surface area contributed by atoms with E-state index >= 15 is 0 Å². The quantitative estimate of drug-likeness (QED) is 0.420. The number of hydrogen-bond acceptors (Lipinski definition) is 7. The maximum atomic E-state index is 12.1. The molecule has 1 aromatic heterocycles. The Morgan fingerprint density at radius 3 is 2.34 bits per heavy atom. The van der Waals surface area contributed by atoms with Crippen LogP contribution >= 0.6 is 11.3 Å². The van der Waals surface area contributed by atoms with Gasteiger partial charge in [-0.3, -0.25) is 14.4 Å². The molecule has 2 rings (SSSR count). The molecule has 7 nitrogen and oxygen atoms in total. The number of thiophene rings is 1. The van der Waals surface area contributed by atoms with Crippen LogP contribution in [0, 0.1) is 0 Å². The Labute approximate surface area is 174 Å². The second-order valence-corrected chi connectivity index (χ2v) is 7.25. The number of nitrogens with one attached hydrogen (secondary N) is 1. The normalized spacial score (nSPS) is 10.3. The van der Waals surface area contributed by atoms with E-state index in [1.807, 2.05) is 13.0 Å². The summed E-state index contributed by atoms with van der Waals surface area (Å²) < 4.78 is 15.9. The van der Waals surface area contributed by atoms with E-state index in [1.165, 1.54) is 18.3 Å². The lowest BCUT2D eigenvalue weighted by Gasteiger charge is -2.08. The van der Waals surface area contributed by atoms with Gasteiger partial charge in [0.1, 0.15) is 11.5 Å². The third-order valence-corrected chi connectivity index (χ3v) is 4.94. The maximum absolute atomic E-state index is 12.1. The Morgan fingerprint density at radius 1 is 1.00 bits per heavy atom. The lowest BCUT2D eigenvalue weighted by molar-refractivity contribution is -0.143. The van der Waals surface area contributed by atoms with Crippen LogP contribution in [0.1, 0.15) is 34.8 Å². The van der Waals surface area contributed by atoms with Crippen molar-refractivity contribution in [2.75, 3.05) is 26.4 Å². The van der Waals surface area contributed by atoms with E-state index in [-0.39, 0.29) is 31.3 Å². The number of benzene rings is 1. The number of hydrogen-bond donors (Lipinski definition) is 1. The second kappa shape index (κ2) is 11.9. The summed E-state index contributed by atoms with van der Waals surface area (Å²) in [5.41, 5.74) is 0. The number of carbonyl (C=O) groups excluding carboxylic acids is 3. The van der Waals surface area contributed by atoms with Crippen LogP contribution in [0.4, 0.5) is 0 Å². The molecule has 0 saturated carbocycles. The summed E-state index contributed by atoms with van der Waals surface area (Å²) in [6, 6.07) is 10.7. The molecule has 0 saturated heterocycles. The zero-order chi connectivity index (χ0) is 21.1. The highest BCUT2D eigenvalue weighted by atomic mass is 32.1. The lowest BCUT2D eigenvalue weighted by Crippen LogP contribution is -2.22. The number of rotatable bonds is 12. The van der Waals surface area contributed by atoms with Crippen LogP contribution in [0.2, 0.25) is 0 Å². The average Bonchev–Trinajstić information content (AvgIpc) is 3.16. The number of esters is 1. The van der Waals surface area contributed by atoms with E-state index in [2.05, 4.69) is 5.32 Å². The molecular formula is C21H25NO6S. The molecule has 0 aliphatic heterocycles. The second-order valence-electron chi connectivity index (χ2n) is 6.09. The molecule has 29 heavy (non-hydrogen) atoms. The monoisotopic (exact) mass is 419 g/mol. The predicted octanol–water partition coefficient (Wildman–Crippen LogP) is 3.02.